The molecule has 1 atom stereocenters. The molecule has 0 aromatic carbocycles. The van der Waals surface area contributed by atoms with Gasteiger partial charge in [-0.25, -0.2) is 4.98 Å². The van der Waals surface area contributed by atoms with E-state index in [1.165, 1.54) is 6.07 Å². The second-order valence-electron chi connectivity index (χ2n) is 4.35. The van der Waals surface area contributed by atoms with Gasteiger partial charge in [0, 0.05) is 32.1 Å². The highest BCUT2D eigenvalue weighted by molar-refractivity contribution is 5.19. The first-order valence-electron chi connectivity index (χ1n) is 5.87. The standard InChI is InChI=1S/C12H14F3N5/c1-20-5-4-17-11(20)6-10(19-16)9-3-2-8(7-18-9)12(13,14)15/h2-5,7,10,19H,6,16H2,1H3. The van der Waals surface area contributed by atoms with E-state index in [1.807, 2.05) is 11.6 Å². The Balaban J connectivity index is 2.18. The van der Waals surface area contributed by atoms with Crippen LogP contribution in [0.15, 0.2) is 30.7 Å². The number of alkyl halides is 3. The van der Waals surface area contributed by atoms with Crippen molar-refractivity contribution in [2.45, 2.75) is 18.6 Å². The Kier molecular flexibility index (Phi) is 4.05. The highest BCUT2D eigenvalue weighted by atomic mass is 19.4. The summed E-state index contributed by atoms with van der Waals surface area (Å²) in [5.74, 6) is 6.20. The highest BCUT2D eigenvalue weighted by Gasteiger charge is 2.31. The zero-order valence-electron chi connectivity index (χ0n) is 10.7. The third-order valence-corrected chi connectivity index (χ3v) is 2.98. The number of hydrazine groups is 1. The molecule has 8 heteroatoms. The first kappa shape index (κ1) is 14.5. The topological polar surface area (TPSA) is 68.8 Å². The molecule has 0 radical (unpaired) electrons. The van der Waals surface area contributed by atoms with E-state index in [9.17, 15) is 13.2 Å². The molecular formula is C12H14F3N5. The minimum atomic E-state index is -4.39. The summed E-state index contributed by atoms with van der Waals surface area (Å²) < 4.78 is 39.2. The van der Waals surface area contributed by atoms with Crippen molar-refractivity contribution in [2.24, 2.45) is 12.9 Å². The normalized spacial score (nSPS) is 13.4. The van der Waals surface area contributed by atoms with Crippen LogP contribution in [0.5, 0.6) is 0 Å². The fourth-order valence-corrected chi connectivity index (χ4v) is 1.80. The molecule has 0 saturated carbocycles. The maximum Gasteiger partial charge on any atom is 0.417 e. The van der Waals surface area contributed by atoms with Crippen LogP contribution in [0.3, 0.4) is 0 Å². The Labute approximate surface area is 113 Å². The van der Waals surface area contributed by atoms with Gasteiger partial charge in [0.2, 0.25) is 0 Å². The van der Waals surface area contributed by atoms with E-state index in [0.717, 1.165) is 18.1 Å². The summed E-state index contributed by atoms with van der Waals surface area (Å²) in [5, 5.41) is 0. The summed E-state index contributed by atoms with van der Waals surface area (Å²) in [6.45, 7) is 0. The average molecular weight is 285 g/mol. The molecule has 1 unspecified atom stereocenters. The Morgan fingerprint density at radius 2 is 2.10 bits per heavy atom. The predicted octanol–water partition coefficient (Wildman–Crippen LogP) is 1.58. The molecule has 2 aromatic heterocycles. The molecule has 20 heavy (non-hydrogen) atoms. The SMILES string of the molecule is Cn1ccnc1CC(NN)c1ccc(C(F)(F)F)cn1. The van der Waals surface area contributed by atoms with Crippen LogP contribution >= 0.6 is 0 Å². The number of pyridine rings is 1. The van der Waals surface area contributed by atoms with E-state index in [2.05, 4.69) is 15.4 Å². The molecule has 0 aliphatic heterocycles. The first-order chi connectivity index (χ1) is 9.41. The van der Waals surface area contributed by atoms with Gasteiger partial charge in [-0.2, -0.15) is 13.2 Å². The number of nitrogens with two attached hydrogens (primary N) is 1. The molecule has 5 nitrogen and oxygen atoms in total. The predicted molar refractivity (Wildman–Crippen MR) is 66.2 cm³/mol. The van der Waals surface area contributed by atoms with E-state index in [0.29, 0.717) is 12.1 Å². The number of aryl methyl sites for hydroxylation is 1. The van der Waals surface area contributed by atoms with Crippen molar-refractivity contribution in [3.8, 4) is 0 Å². The number of rotatable bonds is 4. The average Bonchev–Trinajstić information content (AvgIpc) is 2.80. The number of hydrogen-bond acceptors (Lipinski definition) is 4. The molecule has 2 rings (SSSR count). The monoisotopic (exact) mass is 285 g/mol. The second kappa shape index (κ2) is 5.59. The maximum atomic E-state index is 12.5. The van der Waals surface area contributed by atoms with Crippen molar-refractivity contribution >= 4 is 0 Å². The van der Waals surface area contributed by atoms with Crippen molar-refractivity contribution in [2.75, 3.05) is 0 Å². The van der Waals surface area contributed by atoms with Gasteiger partial charge in [0.25, 0.3) is 0 Å². The summed E-state index contributed by atoms with van der Waals surface area (Å²) in [6.07, 6.45) is 0.263. The lowest BCUT2D eigenvalue weighted by atomic mass is 10.1. The van der Waals surface area contributed by atoms with Crippen LogP contribution in [-0.4, -0.2) is 14.5 Å². The number of halogens is 3. The number of imidazole rings is 1. The van der Waals surface area contributed by atoms with Gasteiger partial charge in [-0.1, -0.05) is 0 Å². The van der Waals surface area contributed by atoms with Gasteiger partial charge in [-0.15, -0.1) is 0 Å². The number of hydrogen-bond donors (Lipinski definition) is 2. The molecule has 2 aromatic rings. The first-order valence-corrected chi connectivity index (χ1v) is 5.87. The van der Waals surface area contributed by atoms with Gasteiger partial charge in [-0.05, 0) is 12.1 Å². The van der Waals surface area contributed by atoms with Gasteiger partial charge >= 0.3 is 6.18 Å². The second-order valence-corrected chi connectivity index (χ2v) is 4.35. The largest absolute Gasteiger partial charge is 0.417 e. The minimum absolute atomic E-state index is 0.404. The Morgan fingerprint density at radius 1 is 1.35 bits per heavy atom. The van der Waals surface area contributed by atoms with Crippen LogP contribution in [0.1, 0.15) is 23.1 Å². The molecule has 0 aliphatic rings. The van der Waals surface area contributed by atoms with Crippen LogP contribution in [0.4, 0.5) is 13.2 Å². The Morgan fingerprint density at radius 3 is 2.55 bits per heavy atom. The van der Waals surface area contributed by atoms with E-state index >= 15 is 0 Å². The van der Waals surface area contributed by atoms with Crippen molar-refractivity contribution in [3.63, 3.8) is 0 Å². The zero-order valence-corrected chi connectivity index (χ0v) is 10.7. The number of nitrogens with one attached hydrogen (secondary N) is 1. The Bertz CT molecular complexity index is 561. The lowest BCUT2D eigenvalue weighted by Gasteiger charge is -2.16. The summed E-state index contributed by atoms with van der Waals surface area (Å²) >= 11 is 0. The van der Waals surface area contributed by atoms with E-state index in [-0.39, 0.29) is 0 Å². The third-order valence-electron chi connectivity index (χ3n) is 2.98. The summed E-state index contributed by atoms with van der Waals surface area (Å²) in [7, 11) is 1.83. The van der Waals surface area contributed by atoms with Gasteiger partial charge < -0.3 is 4.57 Å². The molecule has 0 aliphatic carbocycles. The fourth-order valence-electron chi connectivity index (χ4n) is 1.80. The molecular weight excluding hydrogens is 271 g/mol. The molecule has 0 fully saturated rings. The molecule has 0 saturated heterocycles. The van der Waals surface area contributed by atoms with Crippen LogP contribution in [0, 0.1) is 0 Å². The molecule has 0 bridgehead atoms. The number of nitrogens with zero attached hydrogens (tertiary/aromatic N) is 3. The number of aromatic nitrogens is 3. The minimum Gasteiger partial charge on any atom is -0.338 e. The fraction of sp³-hybridized carbons (Fsp3) is 0.333. The quantitative estimate of drug-likeness (QED) is 0.661. The van der Waals surface area contributed by atoms with Crippen LogP contribution in [0.25, 0.3) is 0 Å². The van der Waals surface area contributed by atoms with Crippen LogP contribution < -0.4 is 11.3 Å². The highest BCUT2D eigenvalue weighted by Crippen LogP contribution is 2.29. The van der Waals surface area contributed by atoms with E-state index < -0.39 is 17.8 Å². The molecule has 0 spiro atoms. The smallest absolute Gasteiger partial charge is 0.338 e. The van der Waals surface area contributed by atoms with Crippen molar-refractivity contribution in [1.82, 2.24) is 20.0 Å². The van der Waals surface area contributed by atoms with Crippen molar-refractivity contribution in [1.29, 1.82) is 0 Å². The summed E-state index contributed by atoms with van der Waals surface area (Å²) in [6, 6.07) is 1.90. The van der Waals surface area contributed by atoms with Crippen molar-refractivity contribution < 1.29 is 13.2 Å². The van der Waals surface area contributed by atoms with E-state index in [1.54, 1.807) is 12.4 Å². The zero-order chi connectivity index (χ0) is 14.8. The lowest BCUT2D eigenvalue weighted by Crippen LogP contribution is -2.31. The summed E-state index contributed by atoms with van der Waals surface area (Å²) in [4.78, 5) is 7.97. The maximum absolute atomic E-state index is 12.5. The van der Waals surface area contributed by atoms with Crippen LogP contribution in [-0.2, 0) is 19.6 Å². The summed E-state index contributed by atoms with van der Waals surface area (Å²) in [5.41, 5.74) is 2.20. The van der Waals surface area contributed by atoms with Gasteiger partial charge in [0.05, 0.1) is 17.3 Å². The van der Waals surface area contributed by atoms with Crippen LogP contribution in [0.2, 0.25) is 0 Å². The molecule has 3 N–H and O–H groups in total. The molecule has 0 amide bonds. The van der Waals surface area contributed by atoms with Gasteiger partial charge in [0.15, 0.2) is 0 Å². The third kappa shape index (κ3) is 3.14. The van der Waals surface area contributed by atoms with Gasteiger partial charge in [0.1, 0.15) is 5.82 Å². The lowest BCUT2D eigenvalue weighted by molar-refractivity contribution is -0.137. The molecule has 108 valence electrons. The van der Waals surface area contributed by atoms with Gasteiger partial charge in [-0.3, -0.25) is 16.3 Å². The Hall–Kier alpha value is -1.93. The molecule has 2 heterocycles. The van der Waals surface area contributed by atoms with Crippen molar-refractivity contribution in [3.05, 3.63) is 47.8 Å². The van der Waals surface area contributed by atoms with E-state index in [4.69, 9.17) is 5.84 Å².